The van der Waals surface area contributed by atoms with Crippen LogP contribution < -0.4 is 9.47 Å². The third kappa shape index (κ3) is 2.87. The molecule has 0 spiro atoms. The maximum absolute atomic E-state index is 12.4. The smallest absolute Gasteiger partial charge is 0.232 e. The van der Waals surface area contributed by atoms with Crippen LogP contribution in [0.3, 0.4) is 0 Å². The van der Waals surface area contributed by atoms with E-state index in [1.807, 2.05) is 39.0 Å². The van der Waals surface area contributed by atoms with Gasteiger partial charge in [0.05, 0.1) is 5.56 Å². The number of ether oxygens (including phenoxy) is 2. The second-order valence-corrected chi connectivity index (χ2v) is 6.09. The van der Waals surface area contributed by atoms with Gasteiger partial charge >= 0.3 is 0 Å². The van der Waals surface area contributed by atoms with Gasteiger partial charge in [0.2, 0.25) is 5.78 Å². The predicted molar refractivity (Wildman–Crippen MR) is 90.0 cm³/mol. The molecule has 2 aromatic carbocycles. The Morgan fingerprint density at radius 3 is 2.52 bits per heavy atom. The van der Waals surface area contributed by atoms with Gasteiger partial charge < -0.3 is 9.47 Å². The van der Waals surface area contributed by atoms with Crippen LogP contribution in [0.5, 0.6) is 11.5 Å². The molecule has 1 heterocycles. The minimum absolute atomic E-state index is 0.0389. The number of hydrogen-bond acceptors (Lipinski definition) is 3. The van der Waals surface area contributed by atoms with Gasteiger partial charge in [0.25, 0.3) is 0 Å². The van der Waals surface area contributed by atoms with E-state index in [4.69, 9.17) is 9.47 Å². The number of ketones is 1. The van der Waals surface area contributed by atoms with Crippen LogP contribution in [-0.2, 0) is 6.61 Å². The molecule has 0 aromatic heterocycles. The van der Waals surface area contributed by atoms with E-state index < -0.39 is 0 Å². The Balaban J connectivity index is 1.86. The molecule has 0 atom stereocenters. The van der Waals surface area contributed by atoms with Crippen molar-refractivity contribution >= 4 is 5.78 Å². The molecule has 0 saturated heterocycles. The molecule has 3 rings (SSSR count). The summed E-state index contributed by atoms with van der Waals surface area (Å²) in [6, 6.07) is 11.8. The van der Waals surface area contributed by atoms with Gasteiger partial charge in [-0.25, -0.2) is 0 Å². The maximum Gasteiger partial charge on any atom is 0.232 e. The fourth-order valence-electron chi connectivity index (χ4n) is 2.71. The van der Waals surface area contributed by atoms with E-state index in [-0.39, 0.29) is 5.78 Å². The quantitative estimate of drug-likeness (QED) is 0.767. The van der Waals surface area contributed by atoms with Crippen LogP contribution in [0.4, 0.5) is 0 Å². The van der Waals surface area contributed by atoms with E-state index in [0.717, 1.165) is 16.7 Å². The molecule has 0 amide bonds. The average molecular weight is 308 g/mol. The minimum Gasteiger partial charge on any atom is -0.489 e. The number of aryl methyl sites for hydroxylation is 2. The van der Waals surface area contributed by atoms with Gasteiger partial charge in [0.1, 0.15) is 18.1 Å². The number of carbonyl (C=O) groups excluding carboxylic acids is 1. The summed E-state index contributed by atoms with van der Waals surface area (Å²) in [5.74, 6) is 1.69. The van der Waals surface area contributed by atoms with E-state index >= 15 is 0 Å². The zero-order valence-corrected chi connectivity index (χ0v) is 13.9. The van der Waals surface area contributed by atoms with Crippen molar-refractivity contribution in [1.82, 2.24) is 0 Å². The number of carbonyl (C=O) groups is 1. The van der Waals surface area contributed by atoms with Crippen molar-refractivity contribution in [3.8, 4) is 11.5 Å². The van der Waals surface area contributed by atoms with E-state index in [1.165, 1.54) is 5.56 Å². The molecular weight excluding hydrogens is 288 g/mol. The molecule has 0 saturated carbocycles. The Morgan fingerprint density at radius 2 is 1.83 bits per heavy atom. The highest BCUT2D eigenvalue weighted by molar-refractivity contribution is 6.13. The largest absolute Gasteiger partial charge is 0.489 e. The van der Waals surface area contributed by atoms with E-state index in [9.17, 15) is 4.79 Å². The minimum atomic E-state index is -0.0389. The van der Waals surface area contributed by atoms with Crippen molar-refractivity contribution in [3.05, 3.63) is 70.0 Å². The fraction of sp³-hybridized carbons (Fsp3) is 0.250. The summed E-state index contributed by atoms with van der Waals surface area (Å²) < 4.78 is 11.6. The molecule has 1 aliphatic heterocycles. The van der Waals surface area contributed by atoms with Crippen LogP contribution in [0.2, 0.25) is 0 Å². The normalized spacial score (nSPS) is 12.9. The van der Waals surface area contributed by atoms with Gasteiger partial charge in [-0.3, -0.25) is 4.79 Å². The Kier molecular flexibility index (Phi) is 3.95. The van der Waals surface area contributed by atoms with E-state index in [2.05, 4.69) is 19.1 Å². The predicted octanol–water partition coefficient (Wildman–Crippen LogP) is 4.75. The molecule has 23 heavy (non-hydrogen) atoms. The molecule has 0 bridgehead atoms. The Labute approximate surface area is 136 Å². The van der Waals surface area contributed by atoms with Crippen molar-refractivity contribution in [3.63, 3.8) is 0 Å². The molecule has 0 radical (unpaired) electrons. The number of Topliss-reactive ketones (excluding diaryl/α,β-unsaturated/α-hetero) is 1. The lowest BCUT2D eigenvalue weighted by Crippen LogP contribution is -2.01. The van der Waals surface area contributed by atoms with Gasteiger partial charge in [-0.1, -0.05) is 24.3 Å². The van der Waals surface area contributed by atoms with Crippen molar-refractivity contribution in [2.75, 3.05) is 0 Å². The lowest BCUT2D eigenvalue weighted by molar-refractivity contribution is 0.101. The molecule has 1 aliphatic rings. The molecule has 3 heteroatoms. The van der Waals surface area contributed by atoms with Gasteiger partial charge in [0, 0.05) is 6.07 Å². The van der Waals surface area contributed by atoms with Crippen LogP contribution in [0.1, 0.15) is 40.9 Å². The van der Waals surface area contributed by atoms with Crippen molar-refractivity contribution in [2.45, 2.75) is 34.3 Å². The first-order valence-electron chi connectivity index (χ1n) is 7.69. The summed E-state index contributed by atoms with van der Waals surface area (Å²) >= 11 is 0. The monoisotopic (exact) mass is 308 g/mol. The van der Waals surface area contributed by atoms with Crippen molar-refractivity contribution in [1.29, 1.82) is 0 Å². The summed E-state index contributed by atoms with van der Waals surface area (Å²) in [4.78, 5) is 12.4. The van der Waals surface area contributed by atoms with Gasteiger partial charge in [0.15, 0.2) is 5.76 Å². The first-order chi connectivity index (χ1) is 11.0. The van der Waals surface area contributed by atoms with Gasteiger partial charge in [-0.05, 0) is 56.0 Å². The molecule has 0 N–H and O–H groups in total. The SMILES string of the molecule is CC(C)=C1Oc2cc(OCc3ccccc3C)cc(C)c2C1=O. The third-order valence-corrected chi connectivity index (χ3v) is 4.03. The molecule has 0 fully saturated rings. The highest BCUT2D eigenvalue weighted by Gasteiger charge is 2.30. The second-order valence-electron chi connectivity index (χ2n) is 6.09. The number of allylic oxidation sites excluding steroid dienone is 2. The number of benzene rings is 2. The standard InChI is InChI=1S/C20H20O3/c1-12(2)20-19(21)18-14(4)9-16(10-17(18)23-20)22-11-15-8-6-5-7-13(15)3/h5-10H,11H2,1-4H3. The summed E-state index contributed by atoms with van der Waals surface area (Å²) in [7, 11) is 0. The van der Waals surface area contributed by atoms with Crippen LogP contribution in [-0.4, -0.2) is 5.78 Å². The maximum atomic E-state index is 12.4. The summed E-state index contributed by atoms with van der Waals surface area (Å²) in [5.41, 5.74) is 4.75. The average Bonchev–Trinajstić information content (AvgIpc) is 2.84. The lowest BCUT2D eigenvalue weighted by atomic mass is 10.0. The zero-order chi connectivity index (χ0) is 16.6. The number of hydrogen-bond donors (Lipinski definition) is 0. The Morgan fingerprint density at radius 1 is 1.09 bits per heavy atom. The van der Waals surface area contributed by atoms with Gasteiger partial charge in [-0.15, -0.1) is 0 Å². The molecule has 3 nitrogen and oxygen atoms in total. The molecule has 118 valence electrons. The zero-order valence-electron chi connectivity index (χ0n) is 13.9. The van der Waals surface area contributed by atoms with E-state index in [1.54, 1.807) is 6.07 Å². The number of rotatable bonds is 3. The molecule has 0 unspecified atom stereocenters. The summed E-state index contributed by atoms with van der Waals surface area (Å²) in [6.45, 7) is 8.23. The van der Waals surface area contributed by atoms with Crippen LogP contribution in [0.15, 0.2) is 47.7 Å². The Hall–Kier alpha value is -2.55. The molecule has 0 aliphatic carbocycles. The van der Waals surface area contributed by atoms with Crippen LogP contribution in [0.25, 0.3) is 0 Å². The summed E-state index contributed by atoms with van der Waals surface area (Å²) in [5, 5.41) is 0. The first kappa shape index (κ1) is 15.3. The summed E-state index contributed by atoms with van der Waals surface area (Å²) in [6.07, 6.45) is 0. The van der Waals surface area contributed by atoms with E-state index in [0.29, 0.717) is 29.4 Å². The van der Waals surface area contributed by atoms with Crippen molar-refractivity contribution in [2.24, 2.45) is 0 Å². The fourth-order valence-corrected chi connectivity index (χ4v) is 2.71. The second kappa shape index (κ2) is 5.92. The lowest BCUT2D eigenvalue weighted by Gasteiger charge is -2.10. The van der Waals surface area contributed by atoms with Crippen molar-refractivity contribution < 1.29 is 14.3 Å². The Bertz CT molecular complexity index is 812. The topological polar surface area (TPSA) is 35.5 Å². The molecular formula is C20H20O3. The highest BCUT2D eigenvalue weighted by atomic mass is 16.5. The molecule has 2 aromatic rings. The third-order valence-electron chi connectivity index (χ3n) is 4.03. The first-order valence-corrected chi connectivity index (χ1v) is 7.69. The number of fused-ring (bicyclic) bond motifs is 1. The highest BCUT2D eigenvalue weighted by Crippen LogP contribution is 2.38. The van der Waals surface area contributed by atoms with Crippen LogP contribution in [0, 0.1) is 13.8 Å². The van der Waals surface area contributed by atoms with Crippen LogP contribution >= 0.6 is 0 Å². The van der Waals surface area contributed by atoms with Gasteiger partial charge in [-0.2, -0.15) is 0 Å².